The van der Waals surface area contributed by atoms with Gasteiger partial charge in [-0.3, -0.25) is 4.79 Å². The van der Waals surface area contributed by atoms with Crippen LogP contribution in [0.5, 0.6) is 0 Å². The molecule has 0 bridgehead atoms. The molecule has 2 aliphatic heterocycles. The zero-order valence-electron chi connectivity index (χ0n) is 14.1. The summed E-state index contributed by atoms with van der Waals surface area (Å²) < 4.78 is 1.27. The first-order chi connectivity index (χ1) is 11.3. The highest BCUT2D eigenvalue weighted by molar-refractivity contribution is 7.18. The Morgan fingerprint density at radius 2 is 1.92 bits per heavy atom. The number of likely N-dealkylation sites (tertiary alicyclic amines) is 1. The number of fused-ring (bicyclic) bond motifs is 1. The minimum absolute atomic E-state index is 0. The maximum Gasteiger partial charge on any atom is 0.226 e. The van der Waals surface area contributed by atoms with Gasteiger partial charge < -0.3 is 10.2 Å². The molecule has 25 heavy (non-hydrogen) atoms. The molecule has 138 valence electrons. The Kier molecular flexibility index (Phi) is 7.50. The largest absolute Gasteiger partial charge is 0.342 e. The highest BCUT2D eigenvalue weighted by Crippen LogP contribution is 2.34. The van der Waals surface area contributed by atoms with Crippen molar-refractivity contribution in [1.82, 2.24) is 15.2 Å². The predicted octanol–water partition coefficient (Wildman–Crippen LogP) is 3.85. The van der Waals surface area contributed by atoms with Gasteiger partial charge in [0.2, 0.25) is 5.91 Å². The number of halogens is 2. The van der Waals surface area contributed by atoms with Gasteiger partial charge in [0, 0.05) is 25.6 Å². The van der Waals surface area contributed by atoms with Crippen molar-refractivity contribution >= 4 is 52.3 Å². The molecule has 2 saturated heterocycles. The van der Waals surface area contributed by atoms with Gasteiger partial charge >= 0.3 is 0 Å². The number of carbonyl (C=O) groups is 1. The molecule has 3 heterocycles. The van der Waals surface area contributed by atoms with Crippen molar-refractivity contribution < 1.29 is 4.79 Å². The standard InChI is InChI=1S/C18H23N3OS.2ClH/c22-18(14-4-3-9-19-12-14)21-10-7-13(8-11-21)17-20-15-5-1-2-6-16(15)23-17;;/h1-2,5-6,13-14,19H,3-4,7-12H2;2*1H/t14-;;/m1../s1. The van der Waals surface area contributed by atoms with E-state index in [1.54, 1.807) is 0 Å². The van der Waals surface area contributed by atoms with Gasteiger partial charge in [-0.15, -0.1) is 36.2 Å². The fourth-order valence-electron chi connectivity index (χ4n) is 3.73. The Balaban J connectivity index is 0.00000113. The second-order valence-corrected chi connectivity index (χ2v) is 7.72. The van der Waals surface area contributed by atoms with Gasteiger partial charge in [-0.05, 0) is 44.4 Å². The van der Waals surface area contributed by atoms with E-state index in [-0.39, 0.29) is 30.7 Å². The molecule has 0 unspecified atom stereocenters. The monoisotopic (exact) mass is 401 g/mol. The summed E-state index contributed by atoms with van der Waals surface area (Å²) in [6.45, 7) is 3.69. The second-order valence-electron chi connectivity index (χ2n) is 6.66. The number of carbonyl (C=O) groups excluding carboxylic acids is 1. The van der Waals surface area contributed by atoms with Gasteiger partial charge in [-0.1, -0.05) is 12.1 Å². The van der Waals surface area contributed by atoms with Crippen LogP contribution in [-0.4, -0.2) is 42.0 Å². The number of amides is 1. The van der Waals surface area contributed by atoms with E-state index >= 15 is 0 Å². The van der Waals surface area contributed by atoms with Crippen LogP contribution in [0.2, 0.25) is 0 Å². The Morgan fingerprint density at radius 3 is 2.60 bits per heavy atom. The lowest BCUT2D eigenvalue weighted by Crippen LogP contribution is -2.45. The van der Waals surface area contributed by atoms with Crippen molar-refractivity contribution in [3.05, 3.63) is 29.3 Å². The summed E-state index contributed by atoms with van der Waals surface area (Å²) >= 11 is 1.82. The van der Waals surface area contributed by atoms with Crippen LogP contribution in [0.1, 0.15) is 36.6 Å². The van der Waals surface area contributed by atoms with Crippen molar-refractivity contribution in [2.24, 2.45) is 5.92 Å². The van der Waals surface area contributed by atoms with Crippen LogP contribution >= 0.6 is 36.2 Å². The van der Waals surface area contributed by atoms with E-state index in [4.69, 9.17) is 4.98 Å². The molecular weight excluding hydrogens is 377 g/mol. The fourth-order valence-corrected chi connectivity index (χ4v) is 4.87. The first-order valence-electron chi connectivity index (χ1n) is 8.66. The molecule has 2 aromatic rings. The van der Waals surface area contributed by atoms with E-state index < -0.39 is 0 Å². The minimum atomic E-state index is 0. The van der Waals surface area contributed by atoms with Gasteiger partial charge in [0.25, 0.3) is 0 Å². The van der Waals surface area contributed by atoms with Crippen LogP contribution < -0.4 is 5.32 Å². The maximum absolute atomic E-state index is 12.6. The number of piperidine rings is 2. The summed E-state index contributed by atoms with van der Waals surface area (Å²) in [4.78, 5) is 19.5. The number of aromatic nitrogens is 1. The summed E-state index contributed by atoms with van der Waals surface area (Å²) in [6.07, 6.45) is 4.26. The van der Waals surface area contributed by atoms with Gasteiger partial charge in [0.1, 0.15) is 0 Å². The Labute approximate surface area is 165 Å². The van der Waals surface area contributed by atoms with Crippen LogP contribution in [0.3, 0.4) is 0 Å². The van der Waals surface area contributed by atoms with Crippen molar-refractivity contribution in [1.29, 1.82) is 0 Å². The number of rotatable bonds is 2. The lowest BCUT2D eigenvalue weighted by Gasteiger charge is -2.34. The average molecular weight is 402 g/mol. The molecular formula is C18H25Cl2N3OS. The number of nitrogens with one attached hydrogen (secondary N) is 1. The van der Waals surface area contributed by atoms with Crippen molar-refractivity contribution in [2.45, 2.75) is 31.6 Å². The molecule has 1 atom stereocenters. The van der Waals surface area contributed by atoms with Crippen LogP contribution in [0.4, 0.5) is 0 Å². The normalized spacial score (nSPS) is 21.4. The van der Waals surface area contributed by atoms with E-state index in [2.05, 4.69) is 28.4 Å². The van der Waals surface area contributed by atoms with Gasteiger partial charge in [-0.25, -0.2) is 4.98 Å². The van der Waals surface area contributed by atoms with E-state index in [9.17, 15) is 4.79 Å². The number of para-hydroxylation sites is 1. The third-order valence-corrected chi connectivity index (χ3v) is 6.31. The lowest BCUT2D eigenvalue weighted by molar-refractivity contribution is -0.137. The summed E-state index contributed by atoms with van der Waals surface area (Å²) in [6, 6.07) is 8.35. The molecule has 4 rings (SSSR count). The highest BCUT2D eigenvalue weighted by atomic mass is 35.5. The van der Waals surface area contributed by atoms with E-state index in [0.717, 1.165) is 57.4 Å². The van der Waals surface area contributed by atoms with Crippen LogP contribution in [0.15, 0.2) is 24.3 Å². The summed E-state index contributed by atoms with van der Waals surface area (Å²) in [5.74, 6) is 1.07. The van der Waals surface area contributed by atoms with Crippen molar-refractivity contribution in [2.75, 3.05) is 26.2 Å². The molecule has 0 saturated carbocycles. The SMILES string of the molecule is Cl.Cl.O=C([C@@H]1CCCNC1)N1CCC(c2nc3ccccc3s2)CC1. The summed E-state index contributed by atoms with van der Waals surface area (Å²) in [5.41, 5.74) is 1.11. The third-order valence-electron chi connectivity index (χ3n) is 5.11. The molecule has 1 amide bonds. The minimum Gasteiger partial charge on any atom is -0.342 e. The van der Waals surface area contributed by atoms with E-state index in [0.29, 0.717) is 11.8 Å². The number of benzene rings is 1. The van der Waals surface area contributed by atoms with Gasteiger partial charge in [0.15, 0.2) is 0 Å². The number of thiazole rings is 1. The van der Waals surface area contributed by atoms with Gasteiger partial charge in [-0.2, -0.15) is 0 Å². The molecule has 0 aliphatic carbocycles. The van der Waals surface area contributed by atoms with E-state index in [1.165, 1.54) is 9.71 Å². The van der Waals surface area contributed by atoms with Crippen LogP contribution in [0.25, 0.3) is 10.2 Å². The Morgan fingerprint density at radius 1 is 1.16 bits per heavy atom. The predicted molar refractivity (Wildman–Crippen MR) is 108 cm³/mol. The third kappa shape index (κ3) is 4.45. The second kappa shape index (κ2) is 9.17. The quantitative estimate of drug-likeness (QED) is 0.830. The molecule has 7 heteroatoms. The first kappa shape index (κ1) is 20.4. The van der Waals surface area contributed by atoms with Crippen molar-refractivity contribution in [3.8, 4) is 0 Å². The highest BCUT2D eigenvalue weighted by Gasteiger charge is 2.30. The summed E-state index contributed by atoms with van der Waals surface area (Å²) in [7, 11) is 0. The number of hydrogen-bond donors (Lipinski definition) is 1. The first-order valence-corrected chi connectivity index (χ1v) is 9.48. The average Bonchev–Trinajstić information content (AvgIpc) is 3.06. The van der Waals surface area contributed by atoms with Gasteiger partial charge in [0.05, 0.1) is 21.1 Å². The zero-order chi connectivity index (χ0) is 15.6. The molecule has 1 aromatic heterocycles. The fraction of sp³-hybridized carbons (Fsp3) is 0.556. The lowest BCUT2D eigenvalue weighted by atomic mass is 9.94. The van der Waals surface area contributed by atoms with E-state index in [1.807, 2.05) is 17.4 Å². The number of nitrogens with zero attached hydrogens (tertiary/aromatic N) is 2. The molecule has 4 nitrogen and oxygen atoms in total. The molecule has 0 radical (unpaired) electrons. The number of hydrogen-bond acceptors (Lipinski definition) is 4. The topological polar surface area (TPSA) is 45.2 Å². The summed E-state index contributed by atoms with van der Waals surface area (Å²) in [5, 5.41) is 4.60. The molecule has 0 spiro atoms. The zero-order valence-corrected chi connectivity index (χ0v) is 16.6. The molecule has 2 fully saturated rings. The Hall–Kier alpha value is -0.880. The van der Waals surface area contributed by atoms with Crippen molar-refractivity contribution in [3.63, 3.8) is 0 Å². The smallest absolute Gasteiger partial charge is 0.226 e. The molecule has 1 N–H and O–H groups in total. The maximum atomic E-state index is 12.6. The van der Waals surface area contributed by atoms with Crippen LogP contribution in [0, 0.1) is 5.92 Å². The molecule has 2 aliphatic rings. The molecule has 1 aromatic carbocycles. The Bertz CT molecular complexity index is 661. The van der Waals surface area contributed by atoms with Crippen LogP contribution in [-0.2, 0) is 4.79 Å².